The Bertz CT molecular complexity index is 783. The summed E-state index contributed by atoms with van der Waals surface area (Å²) in [6.45, 7) is 6.34. The fraction of sp³-hybridized carbons (Fsp3) is 0.368. The molecule has 2 aromatic rings. The Morgan fingerprint density at radius 3 is 2.54 bits per heavy atom. The fourth-order valence-electron chi connectivity index (χ4n) is 2.99. The van der Waals surface area contributed by atoms with E-state index in [1.807, 2.05) is 32.0 Å². The molecule has 2 heterocycles. The van der Waals surface area contributed by atoms with Crippen LogP contribution in [-0.4, -0.2) is 53.8 Å². The molecule has 1 atom stereocenters. The molecule has 7 heteroatoms. The van der Waals surface area contributed by atoms with Crippen LogP contribution in [0.15, 0.2) is 45.5 Å². The SMILES string of the molecule is Cc1ccc(NC(=O)[C@H](C)N2CCN(C(=O)c3ccco3)CC2)c(Br)c1. The number of halogens is 1. The fourth-order valence-corrected chi connectivity index (χ4v) is 3.59. The number of piperazine rings is 1. The molecule has 0 saturated carbocycles. The van der Waals surface area contributed by atoms with Gasteiger partial charge in [-0.05, 0) is 59.6 Å². The molecule has 26 heavy (non-hydrogen) atoms. The predicted molar refractivity (Wildman–Crippen MR) is 103 cm³/mol. The quantitative estimate of drug-likeness (QED) is 0.826. The Hall–Kier alpha value is -2.12. The third kappa shape index (κ3) is 4.16. The largest absolute Gasteiger partial charge is 0.459 e. The maximum absolute atomic E-state index is 12.6. The second kappa shape index (κ2) is 8.05. The van der Waals surface area contributed by atoms with Crippen LogP contribution in [0.4, 0.5) is 5.69 Å². The van der Waals surface area contributed by atoms with E-state index in [9.17, 15) is 9.59 Å². The van der Waals surface area contributed by atoms with Crippen LogP contribution < -0.4 is 5.32 Å². The topological polar surface area (TPSA) is 65.8 Å². The highest BCUT2D eigenvalue weighted by molar-refractivity contribution is 9.10. The molecular weight excluding hydrogens is 398 g/mol. The lowest BCUT2D eigenvalue weighted by atomic mass is 10.2. The highest BCUT2D eigenvalue weighted by Crippen LogP contribution is 2.24. The van der Waals surface area contributed by atoms with Gasteiger partial charge in [0, 0.05) is 30.7 Å². The minimum Gasteiger partial charge on any atom is -0.459 e. The summed E-state index contributed by atoms with van der Waals surface area (Å²) in [7, 11) is 0. The Balaban J connectivity index is 1.55. The van der Waals surface area contributed by atoms with Crippen molar-refractivity contribution >= 4 is 33.4 Å². The summed E-state index contributed by atoms with van der Waals surface area (Å²) >= 11 is 3.48. The van der Waals surface area contributed by atoms with E-state index >= 15 is 0 Å². The lowest BCUT2D eigenvalue weighted by molar-refractivity contribution is -0.121. The standard InChI is InChI=1S/C19H22BrN3O3/c1-13-5-6-16(15(20)12-13)21-18(24)14(2)22-7-9-23(10-8-22)19(25)17-4-3-11-26-17/h3-6,11-12,14H,7-10H2,1-2H3,(H,21,24)/t14-/m0/s1. The monoisotopic (exact) mass is 419 g/mol. The highest BCUT2D eigenvalue weighted by Gasteiger charge is 2.28. The van der Waals surface area contributed by atoms with Gasteiger partial charge in [0.2, 0.25) is 5.91 Å². The number of benzene rings is 1. The molecular formula is C19H22BrN3O3. The van der Waals surface area contributed by atoms with E-state index in [4.69, 9.17) is 4.42 Å². The Kier molecular flexibility index (Phi) is 5.78. The number of nitrogens with one attached hydrogen (secondary N) is 1. The molecule has 1 aromatic heterocycles. The van der Waals surface area contributed by atoms with Crippen LogP contribution in [-0.2, 0) is 4.79 Å². The number of anilines is 1. The molecule has 1 aliphatic heterocycles. The predicted octanol–water partition coefficient (Wildman–Crippen LogP) is 3.14. The van der Waals surface area contributed by atoms with Crippen LogP contribution in [0.5, 0.6) is 0 Å². The zero-order chi connectivity index (χ0) is 18.7. The van der Waals surface area contributed by atoms with E-state index in [2.05, 4.69) is 26.1 Å². The number of carbonyl (C=O) groups excluding carboxylic acids is 2. The molecule has 1 N–H and O–H groups in total. The molecule has 1 saturated heterocycles. The smallest absolute Gasteiger partial charge is 0.289 e. The first kappa shape index (κ1) is 18.7. The summed E-state index contributed by atoms with van der Waals surface area (Å²) in [4.78, 5) is 28.7. The van der Waals surface area contributed by atoms with Crippen molar-refractivity contribution in [2.24, 2.45) is 0 Å². The summed E-state index contributed by atoms with van der Waals surface area (Å²) in [6.07, 6.45) is 1.50. The van der Waals surface area contributed by atoms with Crippen LogP contribution in [0.3, 0.4) is 0 Å². The van der Waals surface area contributed by atoms with E-state index in [1.54, 1.807) is 17.0 Å². The molecule has 6 nitrogen and oxygen atoms in total. The molecule has 1 aliphatic rings. The van der Waals surface area contributed by atoms with Crippen LogP contribution in [0.2, 0.25) is 0 Å². The molecule has 1 fully saturated rings. The number of carbonyl (C=O) groups is 2. The summed E-state index contributed by atoms with van der Waals surface area (Å²) in [5, 5.41) is 2.97. The normalized spacial score (nSPS) is 16.3. The van der Waals surface area contributed by atoms with Crippen molar-refractivity contribution in [3.05, 3.63) is 52.4 Å². The van der Waals surface area contributed by atoms with E-state index in [-0.39, 0.29) is 17.9 Å². The van der Waals surface area contributed by atoms with Gasteiger partial charge in [0.25, 0.3) is 5.91 Å². The van der Waals surface area contributed by atoms with Gasteiger partial charge in [0.1, 0.15) is 0 Å². The number of nitrogens with zero attached hydrogens (tertiary/aromatic N) is 2. The molecule has 138 valence electrons. The lowest BCUT2D eigenvalue weighted by Crippen LogP contribution is -2.54. The molecule has 0 aliphatic carbocycles. The maximum Gasteiger partial charge on any atom is 0.289 e. The number of hydrogen-bond donors (Lipinski definition) is 1. The molecule has 0 radical (unpaired) electrons. The second-order valence-corrected chi connectivity index (χ2v) is 7.31. The highest BCUT2D eigenvalue weighted by atomic mass is 79.9. The van der Waals surface area contributed by atoms with E-state index in [1.165, 1.54) is 6.26 Å². The number of furan rings is 1. The number of amides is 2. The van der Waals surface area contributed by atoms with Crippen molar-refractivity contribution in [1.29, 1.82) is 0 Å². The van der Waals surface area contributed by atoms with Gasteiger partial charge in [0.05, 0.1) is 18.0 Å². The van der Waals surface area contributed by atoms with Crippen molar-refractivity contribution in [2.45, 2.75) is 19.9 Å². The average molecular weight is 420 g/mol. The van der Waals surface area contributed by atoms with Gasteiger partial charge in [-0.15, -0.1) is 0 Å². The summed E-state index contributed by atoms with van der Waals surface area (Å²) in [6, 6.07) is 8.93. The Morgan fingerprint density at radius 1 is 1.19 bits per heavy atom. The summed E-state index contributed by atoms with van der Waals surface area (Å²) < 4.78 is 6.04. The zero-order valence-corrected chi connectivity index (χ0v) is 16.5. The first-order chi connectivity index (χ1) is 12.5. The van der Waals surface area contributed by atoms with Gasteiger partial charge in [0.15, 0.2) is 5.76 Å². The summed E-state index contributed by atoms with van der Waals surface area (Å²) in [5.41, 5.74) is 1.89. The van der Waals surface area contributed by atoms with Crippen LogP contribution in [0, 0.1) is 6.92 Å². The molecule has 0 spiro atoms. The van der Waals surface area contributed by atoms with Crippen molar-refractivity contribution in [2.75, 3.05) is 31.5 Å². The van der Waals surface area contributed by atoms with Crippen molar-refractivity contribution < 1.29 is 14.0 Å². The molecule has 3 rings (SSSR count). The first-order valence-corrected chi connectivity index (χ1v) is 9.39. The maximum atomic E-state index is 12.6. The van der Waals surface area contributed by atoms with Crippen LogP contribution in [0.25, 0.3) is 0 Å². The van der Waals surface area contributed by atoms with Gasteiger partial charge < -0.3 is 14.6 Å². The van der Waals surface area contributed by atoms with Gasteiger partial charge in [-0.1, -0.05) is 6.07 Å². The summed E-state index contributed by atoms with van der Waals surface area (Å²) in [5.74, 6) is 0.198. The van der Waals surface area contributed by atoms with E-state index < -0.39 is 0 Å². The minimum atomic E-state index is -0.274. The van der Waals surface area contributed by atoms with Crippen molar-refractivity contribution in [3.8, 4) is 0 Å². The molecule has 2 amide bonds. The van der Waals surface area contributed by atoms with Crippen LogP contribution in [0.1, 0.15) is 23.0 Å². The minimum absolute atomic E-state index is 0.0552. The Labute approximate surface area is 161 Å². The first-order valence-electron chi connectivity index (χ1n) is 8.59. The second-order valence-electron chi connectivity index (χ2n) is 6.45. The van der Waals surface area contributed by atoms with Gasteiger partial charge in [-0.3, -0.25) is 14.5 Å². The third-order valence-corrected chi connectivity index (χ3v) is 5.30. The lowest BCUT2D eigenvalue weighted by Gasteiger charge is -2.37. The van der Waals surface area contributed by atoms with Gasteiger partial charge in [-0.25, -0.2) is 0 Å². The van der Waals surface area contributed by atoms with E-state index in [0.717, 1.165) is 15.7 Å². The van der Waals surface area contributed by atoms with E-state index in [0.29, 0.717) is 31.9 Å². The van der Waals surface area contributed by atoms with Gasteiger partial charge in [-0.2, -0.15) is 0 Å². The number of aryl methyl sites for hydroxylation is 1. The zero-order valence-electron chi connectivity index (χ0n) is 14.9. The third-order valence-electron chi connectivity index (χ3n) is 4.64. The van der Waals surface area contributed by atoms with Crippen LogP contribution >= 0.6 is 15.9 Å². The van der Waals surface area contributed by atoms with Crippen molar-refractivity contribution in [3.63, 3.8) is 0 Å². The number of hydrogen-bond acceptors (Lipinski definition) is 4. The molecule has 0 bridgehead atoms. The molecule has 0 unspecified atom stereocenters. The van der Waals surface area contributed by atoms with Gasteiger partial charge >= 0.3 is 0 Å². The van der Waals surface area contributed by atoms with Crippen molar-refractivity contribution in [1.82, 2.24) is 9.80 Å². The average Bonchev–Trinajstić information content (AvgIpc) is 3.17. The Morgan fingerprint density at radius 2 is 1.92 bits per heavy atom. The molecule has 1 aromatic carbocycles. The number of rotatable bonds is 4.